The zero-order valence-electron chi connectivity index (χ0n) is 14.1. The summed E-state index contributed by atoms with van der Waals surface area (Å²) in [7, 11) is 0. The van der Waals surface area contributed by atoms with Gasteiger partial charge in [-0.2, -0.15) is 0 Å². The van der Waals surface area contributed by atoms with E-state index in [0.717, 1.165) is 49.7 Å². The van der Waals surface area contributed by atoms with E-state index in [2.05, 4.69) is 27.9 Å². The number of nitrogens with one attached hydrogen (secondary N) is 1. The van der Waals surface area contributed by atoms with Crippen molar-refractivity contribution in [2.45, 2.75) is 58.2 Å². The van der Waals surface area contributed by atoms with Gasteiger partial charge in [0.15, 0.2) is 0 Å². The predicted molar refractivity (Wildman–Crippen MR) is 95.7 cm³/mol. The van der Waals surface area contributed by atoms with E-state index in [1.807, 2.05) is 12.3 Å². The zero-order chi connectivity index (χ0) is 16.5. The summed E-state index contributed by atoms with van der Waals surface area (Å²) in [5.74, 6) is 2.09. The van der Waals surface area contributed by atoms with Crippen LogP contribution < -0.4 is 10.1 Å². The van der Waals surface area contributed by atoms with Crippen LogP contribution in [0.2, 0.25) is 5.02 Å². The number of hydrogen-bond acceptors (Lipinski definition) is 3. The van der Waals surface area contributed by atoms with Crippen LogP contribution in [0, 0.1) is 6.92 Å². The lowest BCUT2D eigenvalue weighted by atomic mass is 10.00. The van der Waals surface area contributed by atoms with E-state index in [9.17, 15) is 0 Å². The first-order chi connectivity index (χ1) is 11.7. The van der Waals surface area contributed by atoms with E-state index < -0.39 is 0 Å². The van der Waals surface area contributed by atoms with Gasteiger partial charge < -0.3 is 14.6 Å². The molecular weight excluding hydrogens is 322 g/mol. The average molecular weight is 346 g/mol. The maximum absolute atomic E-state index is 6.41. The molecule has 0 saturated heterocycles. The SMILES string of the molecule is Cc1cc(Cl)c2c(c1)C(NCc1cnc3n1CCCC3)CCCO2. The Bertz CT molecular complexity index is 740. The van der Waals surface area contributed by atoms with Gasteiger partial charge in [0.2, 0.25) is 0 Å². The molecule has 2 aliphatic rings. The number of aryl methyl sites for hydroxylation is 2. The topological polar surface area (TPSA) is 39.1 Å². The highest BCUT2D eigenvalue weighted by atomic mass is 35.5. The monoisotopic (exact) mass is 345 g/mol. The third-order valence-electron chi connectivity index (χ3n) is 5.06. The van der Waals surface area contributed by atoms with Gasteiger partial charge in [-0.25, -0.2) is 4.98 Å². The van der Waals surface area contributed by atoms with Crippen molar-refractivity contribution < 1.29 is 4.74 Å². The second-order valence-electron chi connectivity index (χ2n) is 6.86. The van der Waals surface area contributed by atoms with Gasteiger partial charge in [-0.1, -0.05) is 17.7 Å². The molecule has 1 N–H and O–H groups in total. The molecule has 5 heteroatoms. The number of aromatic nitrogens is 2. The molecule has 4 rings (SSSR count). The van der Waals surface area contributed by atoms with Crippen LogP contribution in [-0.4, -0.2) is 16.2 Å². The van der Waals surface area contributed by atoms with Crippen molar-refractivity contribution in [3.05, 3.63) is 46.0 Å². The summed E-state index contributed by atoms with van der Waals surface area (Å²) in [6.07, 6.45) is 7.75. The standard InChI is InChI=1S/C19H24ClN3O/c1-13-9-15-17(5-4-8-24-19(15)16(20)10-13)21-11-14-12-22-18-6-2-3-7-23(14)18/h9-10,12,17,21H,2-8,11H2,1H3. The first kappa shape index (κ1) is 16.0. The summed E-state index contributed by atoms with van der Waals surface area (Å²) in [5.41, 5.74) is 3.66. The maximum Gasteiger partial charge on any atom is 0.142 e. The fourth-order valence-electron chi connectivity index (χ4n) is 3.84. The van der Waals surface area contributed by atoms with E-state index in [0.29, 0.717) is 0 Å². The normalized spacial score (nSPS) is 20.0. The minimum absolute atomic E-state index is 0.273. The van der Waals surface area contributed by atoms with Gasteiger partial charge in [-0.15, -0.1) is 0 Å². The first-order valence-electron chi connectivity index (χ1n) is 8.92. The quantitative estimate of drug-likeness (QED) is 0.906. The van der Waals surface area contributed by atoms with Crippen molar-refractivity contribution in [3.8, 4) is 5.75 Å². The van der Waals surface area contributed by atoms with Gasteiger partial charge in [0.1, 0.15) is 11.6 Å². The second kappa shape index (κ2) is 6.77. The molecule has 2 aromatic rings. The minimum atomic E-state index is 0.273. The third-order valence-corrected chi connectivity index (χ3v) is 5.34. The number of hydrogen-bond donors (Lipinski definition) is 1. The molecule has 0 radical (unpaired) electrons. The van der Waals surface area contributed by atoms with Crippen LogP contribution in [0.4, 0.5) is 0 Å². The highest BCUT2D eigenvalue weighted by Gasteiger charge is 2.23. The Morgan fingerprint density at radius 1 is 1.33 bits per heavy atom. The van der Waals surface area contributed by atoms with Gasteiger partial charge in [-0.3, -0.25) is 0 Å². The van der Waals surface area contributed by atoms with Crippen molar-refractivity contribution in [2.24, 2.45) is 0 Å². The molecule has 1 atom stereocenters. The molecule has 2 aliphatic heterocycles. The van der Waals surface area contributed by atoms with E-state index in [1.54, 1.807) is 0 Å². The molecule has 0 amide bonds. The van der Waals surface area contributed by atoms with Gasteiger partial charge in [0, 0.05) is 37.3 Å². The highest BCUT2D eigenvalue weighted by molar-refractivity contribution is 6.32. The fourth-order valence-corrected chi connectivity index (χ4v) is 4.18. The number of ether oxygens (including phenoxy) is 1. The van der Waals surface area contributed by atoms with E-state index >= 15 is 0 Å². The number of fused-ring (bicyclic) bond motifs is 2. The van der Waals surface area contributed by atoms with Gasteiger partial charge in [-0.05, 0) is 44.2 Å². The summed E-state index contributed by atoms with van der Waals surface area (Å²) in [4.78, 5) is 4.59. The Hall–Kier alpha value is -1.52. The van der Waals surface area contributed by atoms with Gasteiger partial charge in [0.25, 0.3) is 0 Å². The van der Waals surface area contributed by atoms with Gasteiger partial charge in [0.05, 0.1) is 17.3 Å². The molecule has 3 heterocycles. The van der Waals surface area contributed by atoms with Crippen molar-refractivity contribution >= 4 is 11.6 Å². The molecule has 24 heavy (non-hydrogen) atoms. The van der Waals surface area contributed by atoms with E-state index in [1.165, 1.54) is 35.5 Å². The number of imidazole rings is 1. The summed E-state index contributed by atoms with van der Waals surface area (Å²) in [6, 6.07) is 4.46. The molecule has 0 fully saturated rings. The summed E-state index contributed by atoms with van der Waals surface area (Å²) in [6.45, 7) is 4.75. The smallest absolute Gasteiger partial charge is 0.142 e. The molecular formula is C19H24ClN3O. The largest absolute Gasteiger partial charge is 0.492 e. The Kier molecular flexibility index (Phi) is 4.51. The predicted octanol–water partition coefficient (Wildman–Crippen LogP) is 4.18. The molecule has 0 spiro atoms. The Morgan fingerprint density at radius 3 is 3.17 bits per heavy atom. The lowest BCUT2D eigenvalue weighted by Gasteiger charge is -2.21. The van der Waals surface area contributed by atoms with Crippen molar-refractivity contribution in [1.29, 1.82) is 0 Å². The van der Waals surface area contributed by atoms with Crippen molar-refractivity contribution in [2.75, 3.05) is 6.61 Å². The Labute approximate surface area is 148 Å². The molecule has 0 aliphatic carbocycles. The molecule has 128 valence electrons. The fraction of sp³-hybridized carbons (Fsp3) is 0.526. The van der Waals surface area contributed by atoms with Crippen LogP contribution in [0.3, 0.4) is 0 Å². The van der Waals surface area contributed by atoms with E-state index in [-0.39, 0.29) is 6.04 Å². The minimum Gasteiger partial charge on any atom is -0.492 e. The van der Waals surface area contributed by atoms with Crippen LogP contribution in [0.15, 0.2) is 18.3 Å². The van der Waals surface area contributed by atoms with Gasteiger partial charge >= 0.3 is 0 Å². The second-order valence-corrected chi connectivity index (χ2v) is 7.27. The lowest BCUT2D eigenvalue weighted by molar-refractivity contribution is 0.315. The average Bonchev–Trinajstić information content (AvgIpc) is 2.87. The first-order valence-corrected chi connectivity index (χ1v) is 9.29. The van der Waals surface area contributed by atoms with Crippen molar-refractivity contribution in [3.63, 3.8) is 0 Å². The molecule has 0 saturated carbocycles. The third kappa shape index (κ3) is 3.05. The molecule has 1 aromatic carbocycles. The number of halogens is 1. The highest BCUT2D eigenvalue weighted by Crippen LogP contribution is 2.38. The molecule has 1 aromatic heterocycles. The van der Waals surface area contributed by atoms with Crippen LogP contribution >= 0.6 is 11.6 Å². The molecule has 4 nitrogen and oxygen atoms in total. The van der Waals surface area contributed by atoms with Crippen LogP contribution in [-0.2, 0) is 19.5 Å². The molecule has 0 bridgehead atoms. The summed E-state index contributed by atoms with van der Waals surface area (Å²) < 4.78 is 8.29. The number of rotatable bonds is 3. The zero-order valence-corrected chi connectivity index (χ0v) is 14.9. The number of benzene rings is 1. The van der Waals surface area contributed by atoms with Crippen LogP contribution in [0.25, 0.3) is 0 Å². The van der Waals surface area contributed by atoms with E-state index in [4.69, 9.17) is 16.3 Å². The number of nitrogens with zero attached hydrogens (tertiary/aromatic N) is 2. The molecule has 1 unspecified atom stereocenters. The lowest BCUT2D eigenvalue weighted by Crippen LogP contribution is -2.23. The Balaban J connectivity index is 1.56. The maximum atomic E-state index is 6.41. The van der Waals surface area contributed by atoms with Crippen molar-refractivity contribution in [1.82, 2.24) is 14.9 Å². The summed E-state index contributed by atoms with van der Waals surface area (Å²) in [5, 5.41) is 4.45. The summed E-state index contributed by atoms with van der Waals surface area (Å²) >= 11 is 6.41. The van der Waals surface area contributed by atoms with Crippen LogP contribution in [0.1, 0.15) is 54.4 Å². The Morgan fingerprint density at radius 2 is 2.25 bits per heavy atom. The van der Waals surface area contributed by atoms with Crippen LogP contribution in [0.5, 0.6) is 5.75 Å².